The minimum absolute atomic E-state index is 0.394. The Bertz CT molecular complexity index is 1190. The molecule has 0 amide bonds. The van der Waals surface area contributed by atoms with Crippen molar-refractivity contribution in [2.75, 3.05) is 6.54 Å². The molecule has 0 aliphatic heterocycles. The zero-order valence-electron chi connectivity index (χ0n) is 21.0. The number of aromatic nitrogens is 2. The first kappa shape index (κ1) is 24.4. The largest absolute Gasteiger partial charge is 0.307 e. The van der Waals surface area contributed by atoms with Gasteiger partial charge in [-0.05, 0) is 79.1 Å². The van der Waals surface area contributed by atoms with Gasteiger partial charge in [-0.25, -0.2) is 0 Å². The second-order valence-corrected chi connectivity index (χ2v) is 9.76. The van der Waals surface area contributed by atoms with Crippen LogP contribution in [0.3, 0.4) is 0 Å². The first-order valence-corrected chi connectivity index (χ1v) is 13.3. The van der Waals surface area contributed by atoms with E-state index < -0.39 is 0 Å². The number of nitrogens with one attached hydrogen (secondary N) is 1. The zero-order valence-corrected chi connectivity index (χ0v) is 21.0. The Morgan fingerprint density at radius 2 is 1.56 bits per heavy atom. The molecule has 1 aliphatic rings. The minimum Gasteiger partial charge on any atom is -0.307 e. The van der Waals surface area contributed by atoms with Gasteiger partial charge in [0.1, 0.15) is 0 Å². The lowest BCUT2D eigenvalue weighted by atomic mass is 9.90. The molecule has 5 rings (SSSR count). The van der Waals surface area contributed by atoms with E-state index in [0.717, 1.165) is 51.1 Å². The fourth-order valence-electron chi connectivity index (χ4n) is 5.25. The molecule has 4 nitrogen and oxygen atoms in total. The van der Waals surface area contributed by atoms with E-state index in [-0.39, 0.29) is 0 Å². The van der Waals surface area contributed by atoms with E-state index in [1.165, 1.54) is 40.8 Å². The van der Waals surface area contributed by atoms with E-state index in [4.69, 9.17) is 4.98 Å². The van der Waals surface area contributed by atoms with Crippen molar-refractivity contribution in [2.24, 2.45) is 0 Å². The summed E-state index contributed by atoms with van der Waals surface area (Å²) in [5.41, 5.74) is 7.87. The van der Waals surface area contributed by atoms with Crippen molar-refractivity contribution in [3.05, 3.63) is 131 Å². The monoisotopic (exact) mass is 476 g/mol. The Balaban J connectivity index is 1.24. The van der Waals surface area contributed by atoms with Gasteiger partial charge < -0.3 is 5.32 Å². The van der Waals surface area contributed by atoms with Crippen molar-refractivity contribution in [1.82, 2.24) is 20.2 Å². The van der Waals surface area contributed by atoms with E-state index in [0.29, 0.717) is 6.04 Å². The highest BCUT2D eigenvalue weighted by Gasteiger charge is 2.27. The summed E-state index contributed by atoms with van der Waals surface area (Å²) in [6.07, 6.45) is 9.64. The summed E-state index contributed by atoms with van der Waals surface area (Å²) in [6.45, 7) is 3.66. The van der Waals surface area contributed by atoms with E-state index in [2.05, 4.69) is 88.0 Å². The van der Waals surface area contributed by atoms with Gasteiger partial charge >= 0.3 is 0 Å². The number of rotatable bonds is 11. The van der Waals surface area contributed by atoms with Gasteiger partial charge in [-0.3, -0.25) is 14.9 Å². The maximum absolute atomic E-state index is 4.85. The maximum Gasteiger partial charge on any atom is 0.0607 e. The van der Waals surface area contributed by atoms with Crippen molar-refractivity contribution in [1.29, 1.82) is 0 Å². The van der Waals surface area contributed by atoms with Crippen LogP contribution < -0.4 is 5.32 Å². The number of benzene rings is 2. The quantitative estimate of drug-likeness (QED) is 0.277. The molecule has 0 saturated carbocycles. The Labute approximate surface area is 215 Å². The standard InChI is InChI=1S/C32H36N4/c1-2-9-26(10-3-1)11-8-22-36(31-15-6-12-29-13-7-21-35-32(29)31)25-28-18-16-27(17-19-28)23-33-24-30-14-4-5-20-34-30/h1-5,7,9-10,13-14,16-21,31,33H,6,8,11-12,15,22-25H2/t31-/m1/s1. The number of aryl methyl sites for hydroxylation is 2. The molecular formula is C32H36N4. The molecule has 36 heavy (non-hydrogen) atoms. The molecular weight excluding hydrogens is 440 g/mol. The summed E-state index contributed by atoms with van der Waals surface area (Å²) < 4.78 is 0. The number of fused-ring (bicyclic) bond motifs is 1. The van der Waals surface area contributed by atoms with Crippen LogP contribution >= 0.6 is 0 Å². The highest BCUT2D eigenvalue weighted by Crippen LogP contribution is 2.34. The summed E-state index contributed by atoms with van der Waals surface area (Å²) in [5.74, 6) is 0. The lowest BCUT2D eigenvalue weighted by molar-refractivity contribution is 0.164. The van der Waals surface area contributed by atoms with Crippen LogP contribution in [0.1, 0.15) is 58.9 Å². The molecule has 1 N–H and O–H groups in total. The maximum atomic E-state index is 4.85. The molecule has 4 aromatic rings. The summed E-state index contributed by atoms with van der Waals surface area (Å²) in [4.78, 5) is 11.9. The molecule has 0 radical (unpaired) electrons. The third-order valence-electron chi connectivity index (χ3n) is 7.13. The van der Waals surface area contributed by atoms with Gasteiger partial charge in [-0.1, -0.05) is 66.7 Å². The average molecular weight is 477 g/mol. The molecule has 2 heterocycles. The van der Waals surface area contributed by atoms with Gasteiger partial charge in [-0.15, -0.1) is 0 Å². The van der Waals surface area contributed by atoms with Crippen molar-refractivity contribution < 1.29 is 0 Å². The third-order valence-corrected chi connectivity index (χ3v) is 7.13. The van der Waals surface area contributed by atoms with Crippen molar-refractivity contribution in [2.45, 2.75) is 57.8 Å². The highest BCUT2D eigenvalue weighted by atomic mass is 15.2. The smallest absolute Gasteiger partial charge is 0.0607 e. The molecule has 0 spiro atoms. The number of pyridine rings is 2. The summed E-state index contributed by atoms with van der Waals surface area (Å²) in [6, 6.07) is 30.8. The number of nitrogens with zero attached hydrogens (tertiary/aromatic N) is 3. The van der Waals surface area contributed by atoms with E-state index >= 15 is 0 Å². The highest BCUT2D eigenvalue weighted by molar-refractivity contribution is 5.27. The van der Waals surface area contributed by atoms with Crippen molar-refractivity contribution >= 4 is 0 Å². The SMILES string of the molecule is c1ccc(CCCN(Cc2ccc(CNCc3ccccn3)cc2)[C@@H]2CCCc3cccnc32)cc1. The number of hydrogen-bond donors (Lipinski definition) is 1. The molecule has 1 atom stereocenters. The molecule has 2 aromatic heterocycles. The first-order valence-electron chi connectivity index (χ1n) is 13.3. The summed E-state index contributed by atoms with van der Waals surface area (Å²) >= 11 is 0. The van der Waals surface area contributed by atoms with Gasteiger partial charge in [-0.2, -0.15) is 0 Å². The summed E-state index contributed by atoms with van der Waals surface area (Å²) in [7, 11) is 0. The molecule has 0 saturated heterocycles. The molecule has 0 bridgehead atoms. The van der Waals surface area contributed by atoms with Gasteiger partial charge in [0.15, 0.2) is 0 Å². The van der Waals surface area contributed by atoms with Crippen LogP contribution in [-0.4, -0.2) is 21.4 Å². The van der Waals surface area contributed by atoms with Crippen LogP contribution in [0.4, 0.5) is 0 Å². The average Bonchev–Trinajstić information content (AvgIpc) is 2.94. The Hall–Kier alpha value is -3.34. The zero-order chi connectivity index (χ0) is 24.4. The Morgan fingerprint density at radius 3 is 2.39 bits per heavy atom. The topological polar surface area (TPSA) is 41.0 Å². The normalized spacial score (nSPS) is 15.1. The lowest BCUT2D eigenvalue weighted by Gasteiger charge is -2.35. The Kier molecular flexibility index (Phi) is 8.50. The molecule has 0 unspecified atom stereocenters. The van der Waals surface area contributed by atoms with Crippen LogP contribution in [0.25, 0.3) is 0 Å². The van der Waals surface area contributed by atoms with E-state index in [1.54, 1.807) is 0 Å². The predicted octanol–water partition coefficient (Wildman–Crippen LogP) is 6.28. The number of hydrogen-bond acceptors (Lipinski definition) is 4. The predicted molar refractivity (Wildman–Crippen MR) is 146 cm³/mol. The Morgan fingerprint density at radius 1 is 0.750 bits per heavy atom. The molecule has 1 aliphatic carbocycles. The first-order chi connectivity index (χ1) is 17.8. The molecule has 0 fully saturated rings. The molecule has 184 valence electrons. The minimum atomic E-state index is 0.394. The summed E-state index contributed by atoms with van der Waals surface area (Å²) in [5, 5.41) is 3.50. The second-order valence-electron chi connectivity index (χ2n) is 9.76. The second kappa shape index (κ2) is 12.6. The van der Waals surface area contributed by atoms with E-state index in [9.17, 15) is 0 Å². The van der Waals surface area contributed by atoms with Crippen LogP contribution in [0.15, 0.2) is 97.3 Å². The fraction of sp³-hybridized carbons (Fsp3) is 0.312. The lowest BCUT2D eigenvalue weighted by Crippen LogP contribution is -2.32. The molecule has 2 aromatic carbocycles. The van der Waals surface area contributed by atoms with Crippen LogP contribution in [0, 0.1) is 0 Å². The van der Waals surface area contributed by atoms with Gasteiger partial charge in [0, 0.05) is 32.0 Å². The third kappa shape index (κ3) is 6.66. The van der Waals surface area contributed by atoms with E-state index in [1.807, 2.05) is 24.5 Å². The van der Waals surface area contributed by atoms with Crippen molar-refractivity contribution in [3.63, 3.8) is 0 Å². The van der Waals surface area contributed by atoms with Crippen LogP contribution in [-0.2, 0) is 32.5 Å². The van der Waals surface area contributed by atoms with Crippen molar-refractivity contribution in [3.8, 4) is 0 Å². The van der Waals surface area contributed by atoms with Crippen LogP contribution in [0.5, 0.6) is 0 Å². The van der Waals surface area contributed by atoms with Crippen LogP contribution in [0.2, 0.25) is 0 Å². The fourth-order valence-corrected chi connectivity index (χ4v) is 5.25. The van der Waals surface area contributed by atoms with Gasteiger partial charge in [0.2, 0.25) is 0 Å². The molecule has 4 heteroatoms. The van der Waals surface area contributed by atoms with Gasteiger partial charge in [0.25, 0.3) is 0 Å². The van der Waals surface area contributed by atoms with Gasteiger partial charge in [0.05, 0.1) is 17.4 Å².